The molecular weight excluding hydrogens is 222 g/mol. The minimum absolute atomic E-state index is 0.294. The van der Waals surface area contributed by atoms with E-state index in [0.717, 1.165) is 5.69 Å². The molecular formula is C12H17NO2S. The molecule has 0 heterocycles. The fraction of sp³-hybridized carbons (Fsp3) is 0.417. The quantitative estimate of drug-likeness (QED) is 0.749. The second-order valence-electron chi connectivity index (χ2n) is 3.68. The van der Waals surface area contributed by atoms with Crippen molar-refractivity contribution in [1.29, 1.82) is 0 Å². The van der Waals surface area contributed by atoms with Crippen LogP contribution in [0, 0.1) is 5.92 Å². The molecule has 0 saturated carbocycles. The number of anilines is 1. The molecule has 2 N–H and O–H groups in total. The van der Waals surface area contributed by atoms with Gasteiger partial charge in [0.2, 0.25) is 0 Å². The second kappa shape index (κ2) is 6.43. The fourth-order valence-corrected chi connectivity index (χ4v) is 1.67. The van der Waals surface area contributed by atoms with Crippen LogP contribution in [0.2, 0.25) is 0 Å². The van der Waals surface area contributed by atoms with Gasteiger partial charge in [-0.1, -0.05) is 6.92 Å². The van der Waals surface area contributed by atoms with Crippen LogP contribution in [0.5, 0.6) is 0 Å². The lowest BCUT2D eigenvalue weighted by Crippen LogP contribution is -2.14. The highest BCUT2D eigenvalue weighted by molar-refractivity contribution is 7.98. The smallest absolute Gasteiger partial charge is 0.306 e. The number of rotatable bonds is 6. The summed E-state index contributed by atoms with van der Waals surface area (Å²) in [6.07, 6.45) is 2.68. The summed E-state index contributed by atoms with van der Waals surface area (Å²) >= 11 is 1.70. The summed E-state index contributed by atoms with van der Waals surface area (Å²) in [6.45, 7) is 2.41. The number of carboxylic acids is 1. The minimum atomic E-state index is -0.737. The van der Waals surface area contributed by atoms with E-state index in [2.05, 4.69) is 5.32 Å². The van der Waals surface area contributed by atoms with E-state index in [9.17, 15) is 4.79 Å². The third-order valence-corrected chi connectivity index (χ3v) is 3.16. The largest absolute Gasteiger partial charge is 0.481 e. The van der Waals surface area contributed by atoms with Crippen molar-refractivity contribution < 1.29 is 9.90 Å². The van der Waals surface area contributed by atoms with Crippen LogP contribution in [-0.2, 0) is 4.79 Å². The van der Waals surface area contributed by atoms with Crippen LogP contribution < -0.4 is 5.32 Å². The van der Waals surface area contributed by atoms with Crippen LogP contribution in [0.4, 0.5) is 5.69 Å². The molecule has 0 fully saturated rings. The molecule has 0 aliphatic carbocycles. The lowest BCUT2D eigenvalue weighted by atomic mass is 10.1. The number of benzene rings is 1. The topological polar surface area (TPSA) is 49.3 Å². The number of hydrogen-bond donors (Lipinski definition) is 2. The summed E-state index contributed by atoms with van der Waals surface area (Å²) in [4.78, 5) is 11.8. The Morgan fingerprint density at radius 3 is 2.56 bits per heavy atom. The van der Waals surface area contributed by atoms with Crippen LogP contribution >= 0.6 is 11.8 Å². The van der Waals surface area contributed by atoms with Crippen LogP contribution in [0.15, 0.2) is 29.2 Å². The Bertz CT molecular complexity index is 337. The number of hydrogen-bond acceptors (Lipinski definition) is 3. The van der Waals surface area contributed by atoms with Gasteiger partial charge in [0.05, 0.1) is 5.92 Å². The van der Waals surface area contributed by atoms with Gasteiger partial charge in [-0.3, -0.25) is 4.79 Å². The number of thioether (sulfide) groups is 1. The zero-order valence-corrected chi connectivity index (χ0v) is 10.4. The Balaban J connectivity index is 2.34. The van der Waals surface area contributed by atoms with Crippen molar-refractivity contribution in [3.8, 4) is 0 Å². The fourth-order valence-electron chi connectivity index (χ4n) is 1.27. The van der Waals surface area contributed by atoms with Crippen LogP contribution in [-0.4, -0.2) is 23.9 Å². The number of nitrogens with one attached hydrogen (secondary N) is 1. The standard InChI is InChI=1S/C12H17NO2S/c1-9(12(14)15)7-8-13-10-3-5-11(16-2)6-4-10/h3-6,9,13H,7-8H2,1-2H3,(H,14,15). The molecule has 0 spiro atoms. The van der Waals surface area contributed by atoms with Crippen molar-refractivity contribution in [3.63, 3.8) is 0 Å². The monoisotopic (exact) mass is 239 g/mol. The van der Waals surface area contributed by atoms with E-state index >= 15 is 0 Å². The SMILES string of the molecule is CSc1ccc(NCCC(C)C(=O)O)cc1. The molecule has 88 valence electrons. The van der Waals surface area contributed by atoms with Crippen molar-refractivity contribution in [2.45, 2.75) is 18.2 Å². The summed E-state index contributed by atoms with van der Waals surface area (Å²) < 4.78 is 0. The average Bonchev–Trinajstić information content (AvgIpc) is 2.29. The maximum atomic E-state index is 10.6. The molecule has 3 nitrogen and oxygen atoms in total. The Morgan fingerprint density at radius 1 is 1.44 bits per heavy atom. The Labute approximate surface area is 100 Å². The Hall–Kier alpha value is -1.16. The third kappa shape index (κ3) is 4.14. The number of aliphatic carboxylic acids is 1. The van der Waals surface area contributed by atoms with Crippen molar-refractivity contribution >= 4 is 23.4 Å². The first-order valence-electron chi connectivity index (χ1n) is 5.24. The molecule has 4 heteroatoms. The van der Waals surface area contributed by atoms with E-state index in [0.29, 0.717) is 13.0 Å². The predicted octanol–water partition coefficient (Wildman–Crippen LogP) is 2.93. The van der Waals surface area contributed by atoms with Gasteiger partial charge in [-0.2, -0.15) is 0 Å². The van der Waals surface area contributed by atoms with Gasteiger partial charge in [0.25, 0.3) is 0 Å². The zero-order chi connectivity index (χ0) is 12.0. The van der Waals surface area contributed by atoms with E-state index < -0.39 is 5.97 Å². The average molecular weight is 239 g/mol. The normalized spacial score (nSPS) is 12.1. The van der Waals surface area contributed by atoms with Gasteiger partial charge in [-0.05, 0) is 36.9 Å². The molecule has 1 aromatic carbocycles. The molecule has 1 unspecified atom stereocenters. The molecule has 1 aromatic rings. The zero-order valence-electron chi connectivity index (χ0n) is 9.56. The summed E-state index contributed by atoms with van der Waals surface area (Å²) in [5.74, 6) is -1.03. The first kappa shape index (κ1) is 12.9. The number of carboxylic acid groups (broad SMARTS) is 1. The lowest BCUT2D eigenvalue weighted by Gasteiger charge is -2.09. The minimum Gasteiger partial charge on any atom is -0.481 e. The first-order chi connectivity index (χ1) is 7.63. The molecule has 16 heavy (non-hydrogen) atoms. The highest BCUT2D eigenvalue weighted by Gasteiger charge is 2.09. The van der Waals surface area contributed by atoms with Gasteiger partial charge in [0, 0.05) is 17.1 Å². The van der Waals surface area contributed by atoms with Gasteiger partial charge in [-0.25, -0.2) is 0 Å². The summed E-state index contributed by atoms with van der Waals surface area (Å²) in [5.41, 5.74) is 1.04. The molecule has 0 bridgehead atoms. The summed E-state index contributed by atoms with van der Waals surface area (Å²) in [6, 6.07) is 8.12. The van der Waals surface area contributed by atoms with E-state index in [1.165, 1.54) is 4.90 Å². The highest BCUT2D eigenvalue weighted by Crippen LogP contribution is 2.17. The van der Waals surface area contributed by atoms with E-state index in [1.54, 1.807) is 18.7 Å². The summed E-state index contributed by atoms with van der Waals surface area (Å²) in [5, 5.41) is 11.9. The maximum absolute atomic E-state index is 10.6. The molecule has 0 amide bonds. The molecule has 0 saturated heterocycles. The van der Waals surface area contributed by atoms with Crippen LogP contribution in [0.25, 0.3) is 0 Å². The molecule has 0 aromatic heterocycles. The van der Waals surface area contributed by atoms with Gasteiger partial charge in [0.15, 0.2) is 0 Å². The van der Waals surface area contributed by atoms with Crippen molar-refractivity contribution in [2.75, 3.05) is 18.1 Å². The Morgan fingerprint density at radius 2 is 2.06 bits per heavy atom. The van der Waals surface area contributed by atoms with Gasteiger partial charge < -0.3 is 10.4 Å². The van der Waals surface area contributed by atoms with Gasteiger partial charge >= 0.3 is 5.97 Å². The van der Waals surface area contributed by atoms with Gasteiger partial charge in [-0.15, -0.1) is 11.8 Å². The maximum Gasteiger partial charge on any atom is 0.306 e. The second-order valence-corrected chi connectivity index (χ2v) is 4.56. The molecule has 1 rings (SSSR count). The van der Waals surface area contributed by atoms with Crippen molar-refractivity contribution in [1.82, 2.24) is 0 Å². The molecule has 1 atom stereocenters. The van der Waals surface area contributed by atoms with E-state index in [4.69, 9.17) is 5.11 Å². The van der Waals surface area contributed by atoms with Crippen LogP contribution in [0.1, 0.15) is 13.3 Å². The number of carbonyl (C=O) groups is 1. The molecule has 0 aliphatic heterocycles. The van der Waals surface area contributed by atoms with Crippen LogP contribution in [0.3, 0.4) is 0 Å². The highest BCUT2D eigenvalue weighted by atomic mass is 32.2. The Kier molecular flexibility index (Phi) is 5.19. The predicted molar refractivity (Wildman–Crippen MR) is 68.1 cm³/mol. The summed E-state index contributed by atoms with van der Waals surface area (Å²) in [7, 11) is 0. The molecule has 0 radical (unpaired) electrons. The van der Waals surface area contributed by atoms with Crippen molar-refractivity contribution in [3.05, 3.63) is 24.3 Å². The lowest BCUT2D eigenvalue weighted by molar-refractivity contribution is -0.141. The van der Waals surface area contributed by atoms with E-state index in [-0.39, 0.29) is 5.92 Å². The molecule has 0 aliphatic rings. The van der Waals surface area contributed by atoms with Gasteiger partial charge in [0.1, 0.15) is 0 Å². The first-order valence-corrected chi connectivity index (χ1v) is 6.46. The van der Waals surface area contributed by atoms with Crippen molar-refractivity contribution in [2.24, 2.45) is 5.92 Å². The van der Waals surface area contributed by atoms with E-state index in [1.807, 2.05) is 30.5 Å². The third-order valence-electron chi connectivity index (χ3n) is 2.42.